The van der Waals surface area contributed by atoms with Gasteiger partial charge in [-0.25, -0.2) is 4.98 Å². The lowest BCUT2D eigenvalue weighted by molar-refractivity contribution is -0.0370. The Balaban J connectivity index is 1.66. The predicted octanol–water partition coefficient (Wildman–Crippen LogP) is 1.27. The topological polar surface area (TPSA) is 80.1 Å². The number of nitrogen functional groups attached to an aromatic ring is 1. The molecule has 1 fully saturated rings. The molecule has 1 aromatic carbocycles. The average Bonchev–Trinajstić information content (AvgIpc) is 2.86. The Labute approximate surface area is 118 Å². The van der Waals surface area contributed by atoms with E-state index in [9.17, 15) is 0 Å². The van der Waals surface area contributed by atoms with Crippen molar-refractivity contribution in [2.45, 2.75) is 19.6 Å². The van der Waals surface area contributed by atoms with Crippen molar-refractivity contribution in [1.82, 2.24) is 20.1 Å². The molecule has 2 heterocycles. The predicted molar refractivity (Wildman–Crippen MR) is 75.9 cm³/mol. The number of aromatic amines is 1. The SMILES string of the molecule is Cc1nc(C2CN(Cc3cccc(N)c3)CCO2)n[nH]1. The number of nitrogens with zero attached hydrogens (tertiary/aromatic N) is 3. The highest BCUT2D eigenvalue weighted by Crippen LogP contribution is 2.20. The molecule has 1 atom stereocenters. The zero-order valence-electron chi connectivity index (χ0n) is 11.5. The van der Waals surface area contributed by atoms with Crippen molar-refractivity contribution in [1.29, 1.82) is 0 Å². The van der Waals surface area contributed by atoms with Gasteiger partial charge in [-0.15, -0.1) is 0 Å². The van der Waals surface area contributed by atoms with E-state index in [4.69, 9.17) is 10.5 Å². The zero-order valence-corrected chi connectivity index (χ0v) is 11.5. The Morgan fingerprint density at radius 3 is 3.15 bits per heavy atom. The summed E-state index contributed by atoms with van der Waals surface area (Å²) in [4.78, 5) is 6.69. The van der Waals surface area contributed by atoms with Crippen LogP contribution in [0.15, 0.2) is 24.3 Å². The monoisotopic (exact) mass is 273 g/mol. The van der Waals surface area contributed by atoms with Crippen LogP contribution < -0.4 is 5.73 Å². The van der Waals surface area contributed by atoms with E-state index in [0.717, 1.165) is 37.0 Å². The van der Waals surface area contributed by atoms with E-state index in [-0.39, 0.29) is 6.10 Å². The molecule has 2 aromatic rings. The van der Waals surface area contributed by atoms with Crippen LogP contribution in [0.1, 0.15) is 23.3 Å². The highest BCUT2D eigenvalue weighted by atomic mass is 16.5. The molecule has 3 N–H and O–H groups in total. The summed E-state index contributed by atoms with van der Waals surface area (Å²) < 4.78 is 5.76. The summed E-state index contributed by atoms with van der Waals surface area (Å²) in [5.41, 5.74) is 7.84. The molecular formula is C14H19N5O. The standard InChI is InChI=1S/C14H19N5O/c1-10-16-14(18-17-10)13-9-19(5-6-20-13)8-11-3-2-4-12(15)7-11/h2-4,7,13H,5-6,8-9,15H2,1H3,(H,16,17,18). The number of morpholine rings is 1. The van der Waals surface area contributed by atoms with Crippen LogP contribution in [0.3, 0.4) is 0 Å². The number of anilines is 1. The first-order valence-corrected chi connectivity index (χ1v) is 6.78. The van der Waals surface area contributed by atoms with Crippen LogP contribution in [0.4, 0.5) is 5.69 Å². The van der Waals surface area contributed by atoms with Crippen molar-refractivity contribution in [3.05, 3.63) is 41.5 Å². The van der Waals surface area contributed by atoms with E-state index < -0.39 is 0 Å². The van der Waals surface area contributed by atoms with Gasteiger partial charge in [-0.05, 0) is 24.6 Å². The first-order valence-electron chi connectivity index (χ1n) is 6.78. The lowest BCUT2D eigenvalue weighted by Crippen LogP contribution is -2.38. The number of ether oxygens (including phenoxy) is 1. The number of aryl methyl sites for hydroxylation is 1. The van der Waals surface area contributed by atoms with Crippen molar-refractivity contribution in [2.24, 2.45) is 0 Å². The molecule has 0 radical (unpaired) electrons. The molecule has 1 aromatic heterocycles. The third-order valence-electron chi connectivity index (χ3n) is 3.41. The fourth-order valence-corrected chi connectivity index (χ4v) is 2.46. The van der Waals surface area contributed by atoms with Crippen LogP contribution in [0.5, 0.6) is 0 Å². The van der Waals surface area contributed by atoms with Gasteiger partial charge in [0.05, 0.1) is 6.61 Å². The van der Waals surface area contributed by atoms with Crippen LogP contribution in [0.2, 0.25) is 0 Å². The van der Waals surface area contributed by atoms with Crippen LogP contribution in [0.25, 0.3) is 0 Å². The van der Waals surface area contributed by atoms with Crippen molar-refractivity contribution < 1.29 is 4.74 Å². The summed E-state index contributed by atoms with van der Waals surface area (Å²) in [7, 11) is 0. The molecule has 3 rings (SSSR count). The molecule has 1 unspecified atom stereocenters. The highest BCUT2D eigenvalue weighted by Gasteiger charge is 2.25. The van der Waals surface area contributed by atoms with Gasteiger partial charge in [0.1, 0.15) is 11.9 Å². The molecule has 0 spiro atoms. The summed E-state index contributed by atoms with van der Waals surface area (Å²) in [6.07, 6.45) is -0.0604. The Kier molecular flexibility index (Phi) is 3.66. The Morgan fingerprint density at radius 2 is 2.40 bits per heavy atom. The first-order chi connectivity index (χ1) is 9.70. The molecular weight excluding hydrogens is 254 g/mol. The lowest BCUT2D eigenvalue weighted by Gasteiger charge is -2.31. The van der Waals surface area contributed by atoms with E-state index in [2.05, 4.69) is 26.1 Å². The second kappa shape index (κ2) is 5.60. The van der Waals surface area contributed by atoms with Gasteiger partial charge in [0.25, 0.3) is 0 Å². The lowest BCUT2D eigenvalue weighted by atomic mass is 10.1. The van der Waals surface area contributed by atoms with Gasteiger partial charge in [0.15, 0.2) is 5.82 Å². The zero-order chi connectivity index (χ0) is 13.9. The Bertz CT molecular complexity index is 582. The van der Waals surface area contributed by atoms with Crippen molar-refractivity contribution >= 4 is 5.69 Å². The molecule has 1 saturated heterocycles. The minimum Gasteiger partial charge on any atom is -0.399 e. The summed E-state index contributed by atoms with van der Waals surface area (Å²) in [6, 6.07) is 8.00. The maximum absolute atomic E-state index is 5.82. The fourth-order valence-electron chi connectivity index (χ4n) is 2.46. The number of nitrogens with one attached hydrogen (secondary N) is 1. The summed E-state index contributed by atoms with van der Waals surface area (Å²) in [5.74, 6) is 1.55. The van der Waals surface area contributed by atoms with Crippen LogP contribution in [0, 0.1) is 6.92 Å². The summed E-state index contributed by atoms with van der Waals surface area (Å²) in [6.45, 7) is 5.17. The molecule has 0 amide bonds. The number of rotatable bonds is 3. The first kappa shape index (κ1) is 13.1. The molecule has 1 aliphatic rings. The van der Waals surface area contributed by atoms with E-state index in [1.807, 2.05) is 25.1 Å². The van der Waals surface area contributed by atoms with E-state index >= 15 is 0 Å². The molecule has 1 aliphatic heterocycles. The third-order valence-corrected chi connectivity index (χ3v) is 3.41. The van der Waals surface area contributed by atoms with Crippen LogP contribution in [-0.4, -0.2) is 39.8 Å². The summed E-state index contributed by atoms with van der Waals surface area (Å²) >= 11 is 0. The molecule has 6 heteroatoms. The molecule has 20 heavy (non-hydrogen) atoms. The Morgan fingerprint density at radius 1 is 1.50 bits per heavy atom. The van der Waals surface area contributed by atoms with Crippen molar-refractivity contribution in [2.75, 3.05) is 25.4 Å². The quantitative estimate of drug-likeness (QED) is 0.823. The van der Waals surface area contributed by atoms with E-state index in [1.165, 1.54) is 5.56 Å². The van der Waals surface area contributed by atoms with E-state index in [0.29, 0.717) is 6.61 Å². The average molecular weight is 273 g/mol. The summed E-state index contributed by atoms with van der Waals surface area (Å²) in [5, 5.41) is 7.05. The molecule has 6 nitrogen and oxygen atoms in total. The molecule has 0 aliphatic carbocycles. The number of hydrogen-bond donors (Lipinski definition) is 2. The van der Waals surface area contributed by atoms with Crippen LogP contribution in [-0.2, 0) is 11.3 Å². The van der Waals surface area contributed by atoms with Crippen molar-refractivity contribution in [3.63, 3.8) is 0 Å². The van der Waals surface area contributed by atoms with Crippen molar-refractivity contribution in [3.8, 4) is 0 Å². The molecule has 0 saturated carbocycles. The van der Waals surface area contributed by atoms with Gasteiger partial charge in [0.2, 0.25) is 0 Å². The molecule has 0 bridgehead atoms. The van der Waals surface area contributed by atoms with Gasteiger partial charge in [-0.1, -0.05) is 12.1 Å². The van der Waals surface area contributed by atoms with Gasteiger partial charge < -0.3 is 10.5 Å². The number of benzene rings is 1. The normalized spacial score (nSPS) is 20.1. The maximum atomic E-state index is 5.82. The van der Waals surface area contributed by atoms with Gasteiger partial charge >= 0.3 is 0 Å². The largest absolute Gasteiger partial charge is 0.399 e. The van der Waals surface area contributed by atoms with Crippen LogP contribution >= 0.6 is 0 Å². The number of nitrogens with two attached hydrogens (primary N) is 1. The van der Waals surface area contributed by atoms with Gasteiger partial charge in [-0.3, -0.25) is 10.00 Å². The van der Waals surface area contributed by atoms with Gasteiger partial charge in [-0.2, -0.15) is 5.10 Å². The van der Waals surface area contributed by atoms with Gasteiger partial charge in [0, 0.05) is 25.3 Å². The Hall–Kier alpha value is -1.92. The second-order valence-corrected chi connectivity index (χ2v) is 5.12. The third kappa shape index (κ3) is 2.97. The van der Waals surface area contributed by atoms with E-state index in [1.54, 1.807) is 0 Å². The molecule has 106 valence electrons. The number of H-pyrrole nitrogens is 1. The number of aromatic nitrogens is 3. The maximum Gasteiger partial charge on any atom is 0.180 e. The fraction of sp³-hybridized carbons (Fsp3) is 0.429. The second-order valence-electron chi connectivity index (χ2n) is 5.12. The minimum absolute atomic E-state index is 0.0604. The number of hydrogen-bond acceptors (Lipinski definition) is 5. The highest BCUT2D eigenvalue weighted by molar-refractivity contribution is 5.40. The smallest absolute Gasteiger partial charge is 0.180 e. The minimum atomic E-state index is -0.0604.